The summed E-state index contributed by atoms with van der Waals surface area (Å²) in [6.07, 6.45) is 0.607. The van der Waals surface area contributed by atoms with Gasteiger partial charge < -0.3 is 19.9 Å². The fourth-order valence-electron chi connectivity index (χ4n) is 0.733. The Morgan fingerprint density at radius 2 is 1.60 bits per heavy atom. The summed E-state index contributed by atoms with van der Waals surface area (Å²) in [4.78, 5) is 0. The van der Waals surface area contributed by atoms with Crippen molar-refractivity contribution >= 4 is 9.52 Å². The molecular formula is C5H15NO3Si. The van der Waals surface area contributed by atoms with Gasteiger partial charge in [0.25, 0.3) is 0 Å². The molecule has 0 bridgehead atoms. The number of ether oxygens (including phenoxy) is 3. The lowest BCUT2D eigenvalue weighted by molar-refractivity contribution is -0.294. The van der Waals surface area contributed by atoms with Crippen molar-refractivity contribution < 1.29 is 14.2 Å². The van der Waals surface area contributed by atoms with E-state index in [0.717, 1.165) is 0 Å². The van der Waals surface area contributed by atoms with Crippen molar-refractivity contribution in [2.24, 2.45) is 5.73 Å². The Morgan fingerprint density at radius 3 is 1.70 bits per heavy atom. The molecule has 0 saturated heterocycles. The van der Waals surface area contributed by atoms with Crippen LogP contribution in [-0.4, -0.2) is 42.6 Å². The molecule has 0 aromatic heterocycles. The van der Waals surface area contributed by atoms with E-state index in [1.165, 1.54) is 0 Å². The van der Waals surface area contributed by atoms with Gasteiger partial charge in [-0.1, -0.05) is 0 Å². The zero-order valence-corrected chi connectivity index (χ0v) is 8.13. The molecule has 0 heterocycles. The summed E-state index contributed by atoms with van der Waals surface area (Å²) in [5.74, 6) is 0. The molecule has 0 aliphatic carbocycles. The molecule has 0 amide bonds. The van der Waals surface area contributed by atoms with Crippen molar-refractivity contribution in [3.63, 3.8) is 0 Å². The first-order chi connectivity index (χ1) is 4.74. The van der Waals surface area contributed by atoms with E-state index in [1.54, 1.807) is 21.3 Å². The van der Waals surface area contributed by atoms with Gasteiger partial charge in [0, 0.05) is 21.3 Å². The number of hydrogen-bond acceptors (Lipinski definition) is 4. The average molecular weight is 165 g/mol. The van der Waals surface area contributed by atoms with Crippen molar-refractivity contribution in [1.82, 2.24) is 0 Å². The minimum absolute atomic E-state index is 0.607. The number of nitrogens with two attached hydrogens (primary N) is 1. The van der Waals surface area contributed by atoms with Crippen LogP contribution < -0.4 is 5.73 Å². The van der Waals surface area contributed by atoms with Gasteiger partial charge >= 0.3 is 0 Å². The quantitative estimate of drug-likeness (QED) is 0.403. The molecule has 10 heavy (non-hydrogen) atoms. The maximum absolute atomic E-state index is 5.36. The van der Waals surface area contributed by atoms with Gasteiger partial charge in [-0.05, 0) is 6.17 Å². The van der Waals surface area contributed by atoms with Gasteiger partial charge in [0.15, 0.2) is 0 Å². The third-order valence-corrected chi connectivity index (χ3v) is 3.15. The van der Waals surface area contributed by atoms with Gasteiger partial charge in [0.2, 0.25) is 5.60 Å². The predicted octanol–water partition coefficient (Wildman–Crippen LogP) is -1.38. The Balaban J connectivity index is 3.87. The van der Waals surface area contributed by atoms with Crippen LogP contribution in [0.5, 0.6) is 0 Å². The van der Waals surface area contributed by atoms with Crippen molar-refractivity contribution in [3.8, 4) is 0 Å². The van der Waals surface area contributed by atoms with Crippen LogP contribution in [0.2, 0.25) is 0 Å². The van der Waals surface area contributed by atoms with Crippen LogP contribution in [0, 0.1) is 0 Å². The van der Waals surface area contributed by atoms with Crippen molar-refractivity contribution in [3.05, 3.63) is 0 Å². The first-order valence-electron chi connectivity index (χ1n) is 3.10. The maximum atomic E-state index is 5.36. The predicted molar refractivity (Wildman–Crippen MR) is 41.4 cm³/mol. The molecule has 0 radical (unpaired) electrons. The van der Waals surface area contributed by atoms with Crippen molar-refractivity contribution in [2.45, 2.75) is 5.60 Å². The average Bonchev–Trinajstić information content (AvgIpc) is 2.01. The Bertz CT molecular complexity index is 78.7. The Labute approximate surface area is 63.5 Å². The third-order valence-electron chi connectivity index (χ3n) is 1.38. The fraction of sp³-hybridized carbons (Fsp3) is 1.00. The van der Waals surface area contributed by atoms with E-state index >= 15 is 0 Å². The van der Waals surface area contributed by atoms with Crippen molar-refractivity contribution in [2.75, 3.05) is 27.5 Å². The Hall–Kier alpha value is 0.0569. The van der Waals surface area contributed by atoms with Gasteiger partial charge in [0.05, 0.1) is 0 Å². The zero-order chi connectivity index (χ0) is 8.04. The topological polar surface area (TPSA) is 53.7 Å². The molecular weight excluding hydrogens is 150 g/mol. The van der Waals surface area contributed by atoms with Crippen LogP contribution in [0.1, 0.15) is 0 Å². The van der Waals surface area contributed by atoms with Crippen LogP contribution in [0.25, 0.3) is 0 Å². The number of hydrogen-bond donors (Lipinski definition) is 1. The van der Waals surface area contributed by atoms with Gasteiger partial charge in [-0.3, -0.25) is 0 Å². The second-order valence-corrected chi connectivity index (χ2v) is 3.78. The summed E-state index contributed by atoms with van der Waals surface area (Å²) in [7, 11) is 3.99. The third kappa shape index (κ3) is 2.35. The van der Waals surface area contributed by atoms with Gasteiger partial charge in [-0.15, -0.1) is 0 Å². The summed E-state index contributed by atoms with van der Waals surface area (Å²) in [6.45, 7) is 0. The van der Waals surface area contributed by atoms with E-state index in [9.17, 15) is 0 Å². The largest absolute Gasteiger partial charge is 0.335 e. The molecule has 0 spiro atoms. The highest BCUT2D eigenvalue weighted by Gasteiger charge is 2.27. The number of rotatable bonds is 5. The van der Waals surface area contributed by atoms with Crippen LogP contribution in [0.4, 0.5) is 0 Å². The number of methoxy groups -OCH3 is 3. The minimum atomic E-state index is -0.811. The smallest absolute Gasteiger partial charge is 0.249 e. The first-order valence-corrected chi connectivity index (χ1v) is 4.81. The van der Waals surface area contributed by atoms with Gasteiger partial charge in [-0.25, -0.2) is 0 Å². The normalized spacial score (nSPS) is 13.2. The second-order valence-electron chi connectivity index (χ2n) is 1.83. The van der Waals surface area contributed by atoms with E-state index in [1.807, 2.05) is 0 Å². The molecule has 4 nitrogen and oxygen atoms in total. The van der Waals surface area contributed by atoms with E-state index in [-0.39, 0.29) is 0 Å². The van der Waals surface area contributed by atoms with Crippen LogP contribution in [0.15, 0.2) is 0 Å². The molecule has 0 rings (SSSR count). The molecule has 0 fully saturated rings. The highest BCUT2D eigenvalue weighted by molar-refractivity contribution is 6.38. The van der Waals surface area contributed by atoms with Crippen LogP contribution >= 0.6 is 0 Å². The fourth-order valence-corrected chi connectivity index (χ4v) is 1.70. The monoisotopic (exact) mass is 165 g/mol. The molecule has 0 aromatic carbocycles. The lowest BCUT2D eigenvalue weighted by Crippen LogP contribution is -2.45. The highest BCUT2D eigenvalue weighted by atomic mass is 28.2. The summed E-state index contributed by atoms with van der Waals surface area (Å²) in [5.41, 5.74) is 4.55. The summed E-state index contributed by atoms with van der Waals surface area (Å²) in [5, 5.41) is 0. The Kier molecular flexibility index (Phi) is 4.84. The van der Waals surface area contributed by atoms with Gasteiger partial charge in [0.1, 0.15) is 9.52 Å². The van der Waals surface area contributed by atoms with E-state index in [4.69, 9.17) is 19.9 Å². The van der Waals surface area contributed by atoms with Gasteiger partial charge in [-0.2, -0.15) is 0 Å². The summed E-state index contributed by atoms with van der Waals surface area (Å²) < 4.78 is 15.0. The molecule has 5 heteroatoms. The SMILES string of the molecule is COC(OC)(OC)[SiH2]CN. The van der Waals surface area contributed by atoms with Crippen LogP contribution in [-0.2, 0) is 14.2 Å². The molecule has 0 aliphatic heterocycles. The molecule has 2 N–H and O–H groups in total. The van der Waals surface area contributed by atoms with E-state index in [0.29, 0.717) is 6.17 Å². The van der Waals surface area contributed by atoms with Crippen molar-refractivity contribution in [1.29, 1.82) is 0 Å². The van der Waals surface area contributed by atoms with E-state index < -0.39 is 15.1 Å². The molecule has 0 unspecified atom stereocenters. The van der Waals surface area contributed by atoms with E-state index in [2.05, 4.69) is 0 Å². The standard InChI is InChI=1S/C5H15NO3Si/c1-7-5(8-2,9-3)10-4-6/h4,6,10H2,1-3H3. The first kappa shape index (κ1) is 10.1. The lowest BCUT2D eigenvalue weighted by atomic mass is 11.1. The zero-order valence-electron chi connectivity index (χ0n) is 6.72. The maximum Gasteiger partial charge on any atom is 0.249 e. The Morgan fingerprint density at radius 1 is 1.20 bits per heavy atom. The van der Waals surface area contributed by atoms with Crippen LogP contribution in [0.3, 0.4) is 0 Å². The lowest BCUT2D eigenvalue weighted by Gasteiger charge is -2.28. The molecule has 0 saturated carbocycles. The summed E-state index contributed by atoms with van der Waals surface area (Å²) in [6, 6.07) is 0. The molecule has 0 atom stereocenters. The summed E-state index contributed by atoms with van der Waals surface area (Å²) >= 11 is 0. The minimum Gasteiger partial charge on any atom is -0.335 e. The highest BCUT2D eigenvalue weighted by Crippen LogP contribution is 2.08. The molecule has 0 aliphatic rings. The molecule has 0 aromatic rings. The molecule has 62 valence electrons. The second kappa shape index (κ2) is 4.81.